The summed E-state index contributed by atoms with van der Waals surface area (Å²) in [5, 5.41) is 11.4. The van der Waals surface area contributed by atoms with Crippen molar-refractivity contribution in [2.24, 2.45) is 0 Å². The SMILES string of the molecule is O=C(O)CCN(C(=O)NC1CCS(=O)(=O)C1)C1CC1. The van der Waals surface area contributed by atoms with Crippen LogP contribution in [0.5, 0.6) is 0 Å². The van der Waals surface area contributed by atoms with E-state index in [9.17, 15) is 18.0 Å². The first-order valence-corrected chi connectivity index (χ1v) is 8.19. The van der Waals surface area contributed by atoms with Crippen molar-refractivity contribution in [3.63, 3.8) is 0 Å². The summed E-state index contributed by atoms with van der Waals surface area (Å²) < 4.78 is 22.6. The van der Waals surface area contributed by atoms with Gasteiger partial charge in [0.15, 0.2) is 9.84 Å². The van der Waals surface area contributed by atoms with Crippen molar-refractivity contribution in [1.29, 1.82) is 0 Å². The summed E-state index contributed by atoms with van der Waals surface area (Å²) in [6.07, 6.45) is 2.12. The highest BCUT2D eigenvalue weighted by atomic mass is 32.2. The van der Waals surface area contributed by atoms with Crippen molar-refractivity contribution >= 4 is 21.8 Å². The fraction of sp³-hybridized carbons (Fsp3) is 0.818. The van der Waals surface area contributed by atoms with Gasteiger partial charge in [-0.05, 0) is 19.3 Å². The van der Waals surface area contributed by atoms with Gasteiger partial charge in [-0.1, -0.05) is 0 Å². The number of rotatable bonds is 5. The molecule has 1 saturated heterocycles. The molecule has 2 aliphatic rings. The van der Waals surface area contributed by atoms with E-state index in [2.05, 4.69) is 5.32 Å². The number of carbonyl (C=O) groups is 2. The van der Waals surface area contributed by atoms with E-state index in [1.807, 2.05) is 0 Å². The van der Waals surface area contributed by atoms with Crippen molar-refractivity contribution < 1.29 is 23.1 Å². The Morgan fingerprint density at radius 3 is 2.42 bits per heavy atom. The number of sulfone groups is 1. The minimum atomic E-state index is -3.02. The van der Waals surface area contributed by atoms with Crippen LogP contribution in [0.4, 0.5) is 4.79 Å². The quantitative estimate of drug-likeness (QED) is 0.731. The molecule has 1 unspecified atom stereocenters. The number of aliphatic carboxylic acids is 1. The fourth-order valence-electron chi connectivity index (χ4n) is 2.22. The molecule has 1 atom stereocenters. The van der Waals surface area contributed by atoms with Crippen molar-refractivity contribution in [1.82, 2.24) is 10.2 Å². The van der Waals surface area contributed by atoms with Gasteiger partial charge in [-0.3, -0.25) is 4.79 Å². The van der Waals surface area contributed by atoms with Gasteiger partial charge in [0, 0.05) is 18.6 Å². The summed E-state index contributed by atoms with van der Waals surface area (Å²) in [6, 6.07) is -0.577. The van der Waals surface area contributed by atoms with Gasteiger partial charge < -0.3 is 15.3 Å². The Morgan fingerprint density at radius 1 is 1.26 bits per heavy atom. The largest absolute Gasteiger partial charge is 0.481 e. The molecule has 2 N–H and O–H groups in total. The molecule has 0 spiro atoms. The summed E-state index contributed by atoms with van der Waals surface area (Å²) >= 11 is 0. The van der Waals surface area contributed by atoms with Gasteiger partial charge >= 0.3 is 12.0 Å². The second kappa shape index (κ2) is 5.36. The lowest BCUT2D eigenvalue weighted by atomic mass is 10.3. The van der Waals surface area contributed by atoms with E-state index in [4.69, 9.17) is 5.11 Å². The van der Waals surface area contributed by atoms with Gasteiger partial charge in [0.05, 0.1) is 17.9 Å². The Morgan fingerprint density at radius 2 is 1.95 bits per heavy atom. The van der Waals surface area contributed by atoms with E-state index < -0.39 is 15.8 Å². The second-order valence-corrected chi connectivity index (χ2v) is 7.35. The Bertz CT molecular complexity index is 471. The molecule has 19 heavy (non-hydrogen) atoms. The molecule has 2 rings (SSSR count). The van der Waals surface area contributed by atoms with E-state index in [1.54, 1.807) is 0 Å². The van der Waals surface area contributed by atoms with Crippen molar-refractivity contribution in [3.8, 4) is 0 Å². The second-order valence-electron chi connectivity index (χ2n) is 5.12. The van der Waals surface area contributed by atoms with Gasteiger partial charge in [0.25, 0.3) is 0 Å². The highest BCUT2D eigenvalue weighted by Gasteiger charge is 2.35. The molecule has 1 aliphatic heterocycles. The van der Waals surface area contributed by atoms with Crippen LogP contribution < -0.4 is 5.32 Å². The minimum Gasteiger partial charge on any atom is -0.481 e. The Balaban J connectivity index is 1.87. The zero-order valence-corrected chi connectivity index (χ0v) is 11.4. The molecule has 108 valence electrons. The molecule has 1 aliphatic carbocycles. The Labute approximate surface area is 111 Å². The minimum absolute atomic E-state index is 0.0177. The van der Waals surface area contributed by atoms with Crippen LogP contribution in [0.3, 0.4) is 0 Å². The Kier molecular flexibility index (Phi) is 3.98. The number of nitrogens with one attached hydrogen (secondary N) is 1. The predicted octanol–water partition coefficient (Wildman–Crippen LogP) is -0.178. The number of carboxylic acids is 1. The van der Waals surface area contributed by atoms with Crippen LogP contribution in [-0.2, 0) is 14.6 Å². The van der Waals surface area contributed by atoms with Gasteiger partial charge in [-0.25, -0.2) is 13.2 Å². The molecule has 8 heteroatoms. The first-order chi connectivity index (χ1) is 8.87. The highest BCUT2D eigenvalue weighted by Crippen LogP contribution is 2.27. The average molecular weight is 290 g/mol. The monoisotopic (exact) mass is 290 g/mol. The Hall–Kier alpha value is -1.31. The maximum atomic E-state index is 12.0. The summed E-state index contributed by atoms with van der Waals surface area (Å²) in [6.45, 7) is 0.172. The third-order valence-corrected chi connectivity index (χ3v) is 5.14. The fourth-order valence-corrected chi connectivity index (χ4v) is 3.89. The number of nitrogens with zero attached hydrogens (tertiary/aromatic N) is 1. The molecule has 2 fully saturated rings. The molecular formula is C11H18N2O5S. The zero-order valence-electron chi connectivity index (χ0n) is 10.5. The molecule has 2 amide bonds. The van der Waals surface area contributed by atoms with Crippen LogP contribution in [0.1, 0.15) is 25.7 Å². The molecule has 0 aromatic carbocycles. The lowest BCUT2D eigenvalue weighted by Crippen LogP contribution is -2.47. The van der Waals surface area contributed by atoms with Crippen molar-refractivity contribution in [2.45, 2.75) is 37.8 Å². The number of carbonyl (C=O) groups excluding carboxylic acids is 1. The van der Waals surface area contributed by atoms with E-state index in [1.165, 1.54) is 4.90 Å². The third-order valence-electron chi connectivity index (χ3n) is 3.38. The summed E-state index contributed by atoms with van der Waals surface area (Å²) in [4.78, 5) is 24.1. The van der Waals surface area contributed by atoms with Crippen LogP contribution >= 0.6 is 0 Å². The van der Waals surface area contributed by atoms with Crippen LogP contribution in [0.2, 0.25) is 0 Å². The third kappa shape index (κ3) is 4.09. The predicted molar refractivity (Wildman–Crippen MR) is 67.6 cm³/mol. The molecule has 0 aromatic heterocycles. The average Bonchev–Trinajstić information content (AvgIpc) is 3.05. The number of urea groups is 1. The lowest BCUT2D eigenvalue weighted by Gasteiger charge is -2.24. The molecular weight excluding hydrogens is 272 g/mol. The van der Waals surface area contributed by atoms with Crippen molar-refractivity contribution in [3.05, 3.63) is 0 Å². The maximum absolute atomic E-state index is 12.0. The lowest BCUT2D eigenvalue weighted by molar-refractivity contribution is -0.137. The molecule has 0 bridgehead atoms. The van der Waals surface area contributed by atoms with Crippen LogP contribution in [-0.4, -0.2) is 60.6 Å². The van der Waals surface area contributed by atoms with Crippen LogP contribution in [0, 0.1) is 0 Å². The first-order valence-electron chi connectivity index (χ1n) is 6.37. The summed E-state index contributed by atoms with van der Waals surface area (Å²) in [7, 11) is -3.02. The summed E-state index contributed by atoms with van der Waals surface area (Å²) in [5.41, 5.74) is 0. The van der Waals surface area contributed by atoms with Crippen LogP contribution in [0.15, 0.2) is 0 Å². The zero-order chi connectivity index (χ0) is 14.0. The van der Waals surface area contributed by atoms with Gasteiger partial charge in [0.2, 0.25) is 0 Å². The van der Waals surface area contributed by atoms with Gasteiger partial charge in [0.1, 0.15) is 0 Å². The van der Waals surface area contributed by atoms with Crippen LogP contribution in [0.25, 0.3) is 0 Å². The molecule has 1 heterocycles. The number of amides is 2. The molecule has 0 radical (unpaired) electrons. The van der Waals surface area contributed by atoms with E-state index in [0.717, 1.165) is 12.8 Å². The number of hydrogen-bond donors (Lipinski definition) is 2. The number of hydrogen-bond acceptors (Lipinski definition) is 4. The molecule has 7 nitrogen and oxygen atoms in total. The van der Waals surface area contributed by atoms with E-state index >= 15 is 0 Å². The molecule has 0 aromatic rings. The maximum Gasteiger partial charge on any atom is 0.317 e. The normalized spacial score (nSPS) is 24.9. The summed E-state index contributed by atoms with van der Waals surface area (Å²) in [5.74, 6) is -0.853. The van der Waals surface area contributed by atoms with E-state index in [-0.39, 0.29) is 42.6 Å². The topological polar surface area (TPSA) is 104 Å². The van der Waals surface area contributed by atoms with Crippen molar-refractivity contribution in [2.75, 3.05) is 18.1 Å². The highest BCUT2D eigenvalue weighted by molar-refractivity contribution is 7.91. The smallest absolute Gasteiger partial charge is 0.317 e. The molecule has 1 saturated carbocycles. The van der Waals surface area contributed by atoms with Gasteiger partial charge in [-0.15, -0.1) is 0 Å². The standard InChI is InChI=1S/C11H18N2O5S/c14-10(15)3-5-13(9-1-2-9)11(16)12-8-4-6-19(17,18)7-8/h8-9H,1-7H2,(H,12,16)(H,14,15). The first kappa shape index (κ1) is 14.1. The number of carboxylic acid groups (broad SMARTS) is 1. The van der Waals surface area contributed by atoms with E-state index in [0.29, 0.717) is 6.42 Å². The van der Waals surface area contributed by atoms with Gasteiger partial charge in [-0.2, -0.15) is 0 Å².